The van der Waals surface area contributed by atoms with Crippen LogP contribution >= 0.6 is 0 Å². The molecule has 134 valence electrons. The van der Waals surface area contributed by atoms with Crippen molar-refractivity contribution in [3.05, 3.63) is 59.2 Å². The summed E-state index contributed by atoms with van der Waals surface area (Å²) in [5.74, 6) is -0.310. The molecule has 0 fully saturated rings. The lowest BCUT2D eigenvalue weighted by molar-refractivity contribution is 0.0599. The van der Waals surface area contributed by atoms with E-state index < -0.39 is 5.97 Å². The molecule has 0 bridgehead atoms. The van der Waals surface area contributed by atoms with Gasteiger partial charge in [0.05, 0.1) is 18.4 Å². The van der Waals surface area contributed by atoms with Gasteiger partial charge in [-0.3, -0.25) is 0 Å². The van der Waals surface area contributed by atoms with Gasteiger partial charge in [0.1, 0.15) is 5.75 Å². The van der Waals surface area contributed by atoms with E-state index in [4.69, 9.17) is 4.74 Å². The molecule has 0 amide bonds. The van der Waals surface area contributed by atoms with E-state index in [1.165, 1.54) is 7.11 Å². The highest BCUT2D eigenvalue weighted by molar-refractivity contribution is 5.99. The molecule has 25 heavy (non-hydrogen) atoms. The summed E-state index contributed by atoms with van der Waals surface area (Å²) in [6.45, 7) is 2.74. The fourth-order valence-corrected chi connectivity index (χ4v) is 3.05. The van der Waals surface area contributed by atoms with Crippen LogP contribution in [-0.2, 0) is 17.7 Å². The second kappa shape index (κ2) is 9.11. The number of hydrogen-bond donors (Lipinski definition) is 1. The van der Waals surface area contributed by atoms with Crippen molar-refractivity contribution in [3.63, 3.8) is 0 Å². The number of carbonyl (C=O) groups is 1. The van der Waals surface area contributed by atoms with Crippen molar-refractivity contribution in [2.24, 2.45) is 0 Å². The third kappa shape index (κ3) is 4.75. The Bertz CT molecular complexity index is 698. The number of methoxy groups -OCH3 is 1. The number of rotatable bonds is 8. The smallest absolute Gasteiger partial charge is 0.340 e. The molecule has 4 nitrogen and oxygen atoms in total. The van der Waals surface area contributed by atoms with Crippen molar-refractivity contribution in [1.82, 2.24) is 0 Å². The molecule has 0 saturated heterocycles. The fourth-order valence-electron chi connectivity index (χ4n) is 3.05. The summed E-state index contributed by atoms with van der Waals surface area (Å²) < 4.78 is 5.00. The van der Waals surface area contributed by atoms with Gasteiger partial charge in [-0.2, -0.15) is 0 Å². The highest BCUT2D eigenvalue weighted by Gasteiger charge is 2.23. The topological polar surface area (TPSA) is 49.8 Å². The van der Waals surface area contributed by atoms with E-state index in [0.29, 0.717) is 17.8 Å². The first kappa shape index (κ1) is 18.8. The molecule has 2 rings (SSSR count). The van der Waals surface area contributed by atoms with Crippen LogP contribution in [0.5, 0.6) is 5.75 Å². The number of hydrogen-bond acceptors (Lipinski definition) is 4. The molecule has 2 aromatic carbocycles. The van der Waals surface area contributed by atoms with Crippen LogP contribution < -0.4 is 4.90 Å². The van der Waals surface area contributed by atoms with E-state index in [9.17, 15) is 9.90 Å². The summed E-state index contributed by atoms with van der Waals surface area (Å²) in [5.41, 5.74) is 3.03. The van der Waals surface area contributed by atoms with Gasteiger partial charge in [0.15, 0.2) is 0 Å². The summed E-state index contributed by atoms with van der Waals surface area (Å²) in [4.78, 5) is 14.3. The predicted octanol–water partition coefficient (Wildman–Crippen LogP) is 4.55. The number of carbonyl (C=O) groups excluding carboxylic acids is 1. The highest BCUT2D eigenvalue weighted by Crippen LogP contribution is 2.35. The molecule has 0 heterocycles. The minimum atomic E-state index is -0.405. The van der Waals surface area contributed by atoms with Gasteiger partial charge in [-0.25, -0.2) is 4.79 Å². The van der Waals surface area contributed by atoms with Gasteiger partial charge in [0.25, 0.3) is 0 Å². The fraction of sp³-hybridized carbons (Fsp3) is 0.381. The van der Waals surface area contributed by atoms with Crippen LogP contribution in [0.4, 0.5) is 5.69 Å². The number of phenols is 1. The second-order valence-electron chi connectivity index (χ2n) is 6.26. The van der Waals surface area contributed by atoms with Gasteiger partial charge in [0, 0.05) is 13.6 Å². The molecule has 0 saturated carbocycles. The molecule has 4 heteroatoms. The van der Waals surface area contributed by atoms with E-state index in [1.807, 2.05) is 48.3 Å². The van der Waals surface area contributed by atoms with Crippen LogP contribution in [0.3, 0.4) is 0 Å². The Labute approximate surface area is 150 Å². The summed E-state index contributed by atoms with van der Waals surface area (Å²) in [5, 5.41) is 10.4. The number of aromatic hydroxyl groups is 1. The summed E-state index contributed by atoms with van der Waals surface area (Å²) >= 11 is 0. The number of unbranched alkanes of at least 4 members (excludes halogenated alkanes) is 2. The zero-order chi connectivity index (χ0) is 18.2. The maximum atomic E-state index is 12.4. The molecule has 0 radical (unpaired) electrons. The van der Waals surface area contributed by atoms with Crippen LogP contribution in [0.2, 0.25) is 0 Å². The van der Waals surface area contributed by atoms with Crippen LogP contribution in [-0.4, -0.2) is 25.2 Å². The zero-order valence-electron chi connectivity index (χ0n) is 15.3. The predicted molar refractivity (Wildman–Crippen MR) is 101 cm³/mol. The zero-order valence-corrected chi connectivity index (χ0v) is 15.3. The van der Waals surface area contributed by atoms with Gasteiger partial charge in [-0.15, -0.1) is 0 Å². The molecule has 0 atom stereocenters. The molecule has 0 unspecified atom stereocenters. The van der Waals surface area contributed by atoms with Gasteiger partial charge in [-0.1, -0.05) is 56.2 Å². The molecular weight excluding hydrogens is 314 g/mol. The van der Waals surface area contributed by atoms with E-state index in [2.05, 4.69) is 6.92 Å². The van der Waals surface area contributed by atoms with E-state index >= 15 is 0 Å². The number of esters is 1. The summed E-state index contributed by atoms with van der Waals surface area (Å²) in [6, 6.07) is 13.5. The third-order valence-electron chi connectivity index (χ3n) is 4.33. The Kier molecular flexibility index (Phi) is 6.87. The minimum absolute atomic E-state index is 0.0954. The third-order valence-corrected chi connectivity index (χ3v) is 4.33. The second-order valence-corrected chi connectivity index (χ2v) is 6.26. The van der Waals surface area contributed by atoms with E-state index in [-0.39, 0.29) is 5.75 Å². The standard InChI is InChI=1S/C21H27NO3/c1-4-5-7-12-17-13-14-18(23)20(19(17)21(24)25-3)22(2)15-16-10-8-6-9-11-16/h6,8-11,13-14,23H,4-5,7,12,15H2,1-3H3. The molecule has 0 aliphatic heterocycles. The molecule has 0 aliphatic rings. The van der Waals surface area contributed by atoms with E-state index in [0.717, 1.165) is 36.8 Å². The lowest BCUT2D eigenvalue weighted by Crippen LogP contribution is -2.21. The lowest BCUT2D eigenvalue weighted by Gasteiger charge is -2.24. The van der Waals surface area contributed by atoms with Crippen molar-refractivity contribution >= 4 is 11.7 Å². The van der Waals surface area contributed by atoms with Gasteiger partial charge >= 0.3 is 5.97 Å². The van der Waals surface area contributed by atoms with Crippen molar-refractivity contribution in [1.29, 1.82) is 0 Å². The number of ether oxygens (including phenoxy) is 1. The largest absolute Gasteiger partial charge is 0.506 e. The average molecular weight is 341 g/mol. The van der Waals surface area contributed by atoms with Crippen molar-refractivity contribution in [2.45, 2.75) is 39.2 Å². The van der Waals surface area contributed by atoms with E-state index in [1.54, 1.807) is 6.07 Å². The van der Waals surface area contributed by atoms with Crippen LogP contribution in [0, 0.1) is 0 Å². The summed E-state index contributed by atoms with van der Waals surface area (Å²) in [7, 11) is 3.26. The Balaban J connectivity index is 2.39. The van der Waals surface area contributed by atoms with Crippen LogP contribution in [0.1, 0.15) is 47.7 Å². The highest BCUT2D eigenvalue weighted by atomic mass is 16.5. The maximum Gasteiger partial charge on any atom is 0.340 e. The Morgan fingerprint density at radius 3 is 2.48 bits per heavy atom. The number of phenolic OH excluding ortho intramolecular Hbond substituents is 1. The molecule has 1 N–H and O–H groups in total. The first-order valence-corrected chi connectivity index (χ1v) is 8.76. The maximum absolute atomic E-state index is 12.4. The van der Waals surface area contributed by atoms with Crippen molar-refractivity contribution < 1.29 is 14.6 Å². The van der Waals surface area contributed by atoms with Gasteiger partial charge in [0.2, 0.25) is 0 Å². The minimum Gasteiger partial charge on any atom is -0.506 e. The monoisotopic (exact) mass is 341 g/mol. The number of nitrogens with zero attached hydrogens (tertiary/aromatic N) is 1. The Morgan fingerprint density at radius 1 is 1.12 bits per heavy atom. The summed E-state index contributed by atoms with van der Waals surface area (Å²) in [6.07, 6.45) is 4.03. The first-order valence-electron chi connectivity index (χ1n) is 8.76. The molecule has 0 aromatic heterocycles. The lowest BCUT2D eigenvalue weighted by atomic mass is 9.98. The Morgan fingerprint density at radius 2 is 1.84 bits per heavy atom. The molecule has 0 spiro atoms. The average Bonchev–Trinajstić information content (AvgIpc) is 2.62. The number of anilines is 1. The van der Waals surface area contributed by atoms with Crippen LogP contribution in [0.25, 0.3) is 0 Å². The SMILES string of the molecule is CCCCCc1ccc(O)c(N(C)Cc2ccccc2)c1C(=O)OC. The normalized spacial score (nSPS) is 10.5. The molecule has 2 aromatic rings. The first-order chi connectivity index (χ1) is 12.1. The number of benzene rings is 2. The molecular formula is C21H27NO3. The number of aryl methyl sites for hydroxylation is 1. The van der Waals surface area contributed by atoms with Gasteiger partial charge in [-0.05, 0) is 30.0 Å². The van der Waals surface area contributed by atoms with Crippen LogP contribution in [0.15, 0.2) is 42.5 Å². The quantitative estimate of drug-likeness (QED) is 0.565. The Hall–Kier alpha value is -2.49. The van der Waals surface area contributed by atoms with Crippen molar-refractivity contribution in [3.8, 4) is 5.75 Å². The van der Waals surface area contributed by atoms with Crippen molar-refractivity contribution in [2.75, 3.05) is 19.1 Å². The molecule has 0 aliphatic carbocycles. The van der Waals surface area contributed by atoms with Gasteiger partial charge < -0.3 is 14.7 Å².